The minimum Gasteiger partial charge on any atom is -0.479 e. The Labute approximate surface area is 219 Å². The maximum absolute atomic E-state index is 13.2. The molecule has 3 aliphatic heterocycles. The molecule has 0 aliphatic carbocycles. The van der Waals surface area contributed by atoms with Crippen LogP contribution in [-0.4, -0.2) is 99.6 Å². The van der Waals surface area contributed by atoms with Crippen LogP contribution < -0.4 is 11.1 Å². The molecule has 5 N–H and O–H groups in total. The lowest BCUT2D eigenvalue weighted by Gasteiger charge is -2.57. The number of aliphatic carboxylic acids is 2. The van der Waals surface area contributed by atoms with Gasteiger partial charge in [0.05, 0.1) is 4.24 Å². The second-order valence-electron chi connectivity index (χ2n) is 7.34. The summed E-state index contributed by atoms with van der Waals surface area (Å²) < 4.78 is 6.03. The van der Waals surface area contributed by atoms with Gasteiger partial charge in [0, 0.05) is 19.9 Å². The van der Waals surface area contributed by atoms with Crippen LogP contribution in [0.15, 0.2) is 25.9 Å². The SMILES string of the molecule is CO[C@@]1(NC(=O)C2SC(=C(C(N)=O)C(=O)O)S2)C(=O)N2[C@H](C(=O)O)C(CSc3nnnn3C)=CS[C@@H]21. The number of aryl methyl sites for hydroxylation is 1. The fraction of sp³-hybridized carbons (Fsp3) is 0.412. The van der Waals surface area contributed by atoms with Crippen LogP contribution in [0.4, 0.5) is 0 Å². The molecule has 0 aromatic carbocycles. The van der Waals surface area contributed by atoms with Gasteiger partial charge in [0.25, 0.3) is 17.5 Å². The molecule has 4 heterocycles. The van der Waals surface area contributed by atoms with E-state index in [9.17, 15) is 29.1 Å². The van der Waals surface area contributed by atoms with Crippen molar-refractivity contribution in [3.8, 4) is 0 Å². The van der Waals surface area contributed by atoms with E-state index in [0.29, 0.717) is 10.7 Å². The minimum absolute atomic E-state index is 0.0735. The third-order valence-electron chi connectivity index (χ3n) is 5.25. The third kappa shape index (κ3) is 4.33. The second-order valence-corrected chi connectivity index (χ2v) is 12.0. The van der Waals surface area contributed by atoms with E-state index in [2.05, 4.69) is 20.8 Å². The van der Waals surface area contributed by atoms with Crippen molar-refractivity contribution in [2.75, 3.05) is 12.9 Å². The molecule has 3 atom stereocenters. The van der Waals surface area contributed by atoms with Crippen LogP contribution in [0.2, 0.25) is 0 Å². The van der Waals surface area contributed by atoms with Crippen LogP contribution in [-0.2, 0) is 35.8 Å². The maximum atomic E-state index is 13.2. The smallest absolute Gasteiger partial charge is 0.343 e. The lowest BCUT2D eigenvalue weighted by atomic mass is 9.95. The van der Waals surface area contributed by atoms with Crippen molar-refractivity contribution in [3.63, 3.8) is 0 Å². The highest BCUT2D eigenvalue weighted by molar-refractivity contribution is 8.39. The number of methoxy groups -OCH3 is 1. The Morgan fingerprint density at radius 3 is 2.53 bits per heavy atom. The first-order valence-electron chi connectivity index (χ1n) is 9.74. The molecule has 0 unspecified atom stereocenters. The van der Waals surface area contributed by atoms with Crippen LogP contribution in [0.5, 0.6) is 0 Å². The number of tetrazole rings is 1. The number of primary amides is 1. The number of aromatic nitrogens is 4. The number of rotatable bonds is 9. The maximum Gasteiger partial charge on any atom is 0.343 e. The summed E-state index contributed by atoms with van der Waals surface area (Å²) >= 11 is 3.94. The molecule has 2 fully saturated rings. The molecule has 2 saturated heterocycles. The predicted octanol–water partition coefficient (Wildman–Crippen LogP) is -1.40. The van der Waals surface area contributed by atoms with Crippen LogP contribution in [0, 0.1) is 0 Å². The van der Waals surface area contributed by atoms with Crippen molar-refractivity contribution < 1.29 is 38.9 Å². The number of ether oxygens (including phenoxy) is 1. The summed E-state index contributed by atoms with van der Waals surface area (Å²) in [6.45, 7) is 0. The van der Waals surface area contributed by atoms with Gasteiger partial charge in [-0.05, 0) is 21.4 Å². The highest BCUT2D eigenvalue weighted by Gasteiger charge is 2.68. The second kappa shape index (κ2) is 9.96. The number of carboxylic acid groups (broad SMARTS) is 2. The number of nitrogens with zero attached hydrogens (tertiary/aromatic N) is 5. The van der Waals surface area contributed by atoms with Gasteiger partial charge in [0.2, 0.25) is 11.1 Å². The average molecular weight is 576 g/mol. The standard InChI is InChI=1S/C17H17N7O8S4/c1-23-16(20-21-22-23)34-4-5-3-33-15-17(32-2,14(31)24(15)7(5)11(29)30)19-9(26)13-35-12(36-13)6(8(18)25)10(27)28/h3,7,13,15H,4H2,1-2H3,(H2,18,25)(H,19,26)(H,27,28)(H,29,30)/t7-,13?,15+,17-/m0/s1. The zero-order chi connectivity index (χ0) is 26.4. The number of nitrogens with one attached hydrogen (secondary N) is 1. The van der Waals surface area contributed by atoms with E-state index in [-0.39, 0.29) is 9.99 Å². The summed E-state index contributed by atoms with van der Waals surface area (Å²) in [6, 6.07) is -1.28. The van der Waals surface area contributed by atoms with Gasteiger partial charge in [-0.2, -0.15) is 0 Å². The number of β-lactam (4-membered cyclic amide) rings is 1. The molecule has 0 bridgehead atoms. The Bertz CT molecular complexity index is 1210. The molecular weight excluding hydrogens is 558 g/mol. The van der Waals surface area contributed by atoms with E-state index in [0.717, 1.165) is 40.2 Å². The summed E-state index contributed by atoms with van der Waals surface area (Å²) in [7, 11) is 2.85. The number of carbonyl (C=O) groups is 5. The Hall–Kier alpha value is -2.74. The number of amides is 3. The molecule has 36 heavy (non-hydrogen) atoms. The van der Waals surface area contributed by atoms with Crippen molar-refractivity contribution in [2.24, 2.45) is 12.8 Å². The predicted molar refractivity (Wildman–Crippen MR) is 128 cm³/mol. The van der Waals surface area contributed by atoms with Crippen molar-refractivity contribution in [1.82, 2.24) is 30.4 Å². The molecule has 1 aromatic heterocycles. The molecule has 3 amide bonds. The Morgan fingerprint density at radius 2 is 2.00 bits per heavy atom. The van der Waals surface area contributed by atoms with Gasteiger partial charge in [-0.1, -0.05) is 35.3 Å². The van der Waals surface area contributed by atoms with Crippen molar-refractivity contribution >= 4 is 76.7 Å². The van der Waals surface area contributed by atoms with Gasteiger partial charge < -0.3 is 30.9 Å². The van der Waals surface area contributed by atoms with Gasteiger partial charge in [-0.25, -0.2) is 14.3 Å². The Kier molecular flexibility index (Phi) is 7.28. The van der Waals surface area contributed by atoms with Crippen LogP contribution in [0.3, 0.4) is 0 Å². The molecule has 4 rings (SSSR count). The number of hydrogen-bond donors (Lipinski definition) is 4. The van der Waals surface area contributed by atoms with Crippen LogP contribution >= 0.6 is 47.0 Å². The topological polar surface area (TPSA) is 220 Å². The quantitative estimate of drug-likeness (QED) is 0.0664. The molecule has 15 nitrogen and oxygen atoms in total. The number of nitrogens with two attached hydrogens (primary N) is 1. The first-order valence-corrected chi connectivity index (χ1v) is 13.4. The van der Waals surface area contributed by atoms with E-state index in [4.69, 9.17) is 15.6 Å². The van der Waals surface area contributed by atoms with Gasteiger partial charge in [-0.15, -0.1) is 16.9 Å². The van der Waals surface area contributed by atoms with Crippen LogP contribution in [0.1, 0.15) is 0 Å². The van der Waals surface area contributed by atoms with E-state index in [1.807, 2.05) is 0 Å². The van der Waals surface area contributed by atoms with E-state index < -0.39 is 57.0 Å². The first-order chi connectivity index (χ1) is 17.0. The number of hydrogen-bond acceptors (Lipinski definition) is 13. The highest BCUT2D eigenvalue weighted by atomic mass is 32.3. The summed E-state index contributed by atoms with van der Waals surface area (Å²) in [5.41, 5.74) is 3.07. The Balaban J connectivity index is 1.48. The van der Waals surface area contributed by atoms with Gasteiger partial charge in [0.15, 0.2) is 6.04 Å². The van der Waals surface area contributed by atoms with Gasteiger partial charge in [0.1, 0.15) is 15.5 Å². The molecule has 3 aliphatic rings. The van der Waals surface area contributed by atoms with Crippen LogP contribution in [0.25, 0.3) is 0 Å². The largest absolute Gasteiger partial charge is 0.479 e. The van der Waals surface area contributed by atoms with E-state index in [1.54, 1.807) is 12.5 Å². The summed E-state index contributed by atoms with van der Waals surface area (Å²) in [4.78, 5) is 61.8. The monoisotopic (exact) mass is 575 g/mol. The molecular formula is C17H17N7O8S4. The molecule has 192 valence electrons. The summed E-state index contributed by atoms with van der Waals surface area (Å²) in [5.74, 6) is -5.09. The fourth-order valence-electron chi connectivity index (χ4n) is 3.54. The molecule has 1 aromatic rings. The fourth-order valence-corrected chi connectivity index (χ4v) is 8.03. The minimum atomic E-state index is -1.82. The van der Waals surface area contributed by atoms with Gasteiger partial charge in [-0.3, -0.25) is 14.4 Å². The van der Waals surface area contributed by atoms with Crippen molar-refractivity contribution in [1.29, 1.82) is 0 Å². The summed E-state index contributed by atoms with van der Waals surface area (Å²) in [6.07, 6.45) is 0. The lowest BCUT2D eigenvalue weighted by Crippen LogP contribution is -2.83. The lowest BCUT2D eigenvalue weighted by molar-refractivity contribution is -0.201. The number of carboxylic acids is 2. The van der Waals surface area contributed by atoms with E-state index in [1.165, 1.54) is 23.6 Å². The van der Waals surface area contributed by atoms with Crippen molar-refractivity contribution in [3.05, 3.63) is 20.8 Å². The molecule has 0 saturated carbocycles. The molecule has 0 radical (unpaired) electrons. The summed E-state index contributed by atoms with van der Waals surface area (Å²) in [5, 5.41) is 33.8. The molecule has 19 heteroatoms. The van der Waals surface area contributed by atoms with Gasteiger partial charge >= 0.3 is 11.9 Å². The van der Waals surface area contributed by atoms with E-state index >= 15 is 0 Å². The highest BCUT2D eigenvalue weighted by Crippen LogP contribution is 2.53. The number of thioether (sulfide) groups is 4. The zero-order valence-electron chi connectivity index (χ0n) is 18.3. The first kappa shape index (κ1) is 26.3. The average Bonchev–Trinajstić information content (AvgIpc) is 3.20. The number of carbonyl (C=O) groups excluding carboxylic acids is 3. The third-order valence-corrected chi connectivity index (χ3v) is 10.4. The zero-order valence-corrected chi connectivity index (χ0v) is 21.6. The normalized spacial score (nSPS) is 26.8. The van der Waals surface area contributed by atoms with Crippen molar-refractivity contribution in [2.45, 2.75) is 26.9 Å². The molecule has 0 spiro atoms. The Morgan fingerprint density at radius 1 is 1.31 bits per heavy atom. The number of fused-ring (bicyclic) bond motifs is 1.